The van der Waals surface area contributed by atoms with E-state index in [1.54, 1.807) is 17.0 Å². The van der Waals surface area contributed by atoms with Crippen LogP contribution in [0.1, 0.15) is 108 Å². The lowest BCUT2D eigenvalue weighted by Crippen LogP contribution is -2.45. The number of piperidine rings is 1. The largest absolute Gasteiger partial charge is 0.337 e. The number of hydrogen-bond donors (Lipinski definition) is 0. The average molecular weight is 593 g/mol. The fraction of sp³-hybridized carbons (Fsp3) is 0.529. The van der Waals surface area contributed by atoms with Crippen molar-refractivity contribution in [2.24, 2.45) is 0 Å². The van der Waals surface area contributed by atoms with E-state index in [2.05, 4.69) is 17.1 Å². The van der Waals surface area contributed by atoms with Crippen molar-refractivity contribution >= 4 is 23.4 Å². The van der Waals surface area contributed by atoms with Gasteiger partial charge in [0.1, 0.15) is 12.6 Å². The molecule has 1 atom stereocenters. The summed E-state index contributed by atoms with van der Waals surface area (Å²) in [4.78, 5) is 35.4. The molecule has 0 bridgehead atoms. The average Bonchev–Trinajstić information content (AvgIpc) is 3.51. The summed E-state index contributed by atoms with van der Waals surface area (Å²) in [6, 6.07) is 16.9. The van der Waals surface area contributed by atoms with Crippen LogP contribution in [0, 0.1) is 0 Å². The molecule has 8 heteroatoms. The molecule has 1 aliphatic heterocycles. The maximum atomic E-state index is 13.8. The van der Waals surface area contributed by atoms with Crippen LogP contribution in [0.5, 0.6) is 0 Å². The van der Waals surface area contributed by atoms with Gasteiger partial charge in [-0.15, -0.1) is 0 Å². The number of amides is 2. The molecule has 2 aromatic carbocycles. The van der Waals surface area contributed by atoms with Gasteiger partial charge in [0.05, 0.1) is 0 Å². The minimum Gasteiger partial charge on any atom is -0.337 e. The molecular formula is C34H45ClN4O3. The van der Waals surface area contributed by atoms with Crippen LogP contribution in [-0.2, 0) is 16.1 Å². The molecule has 4 rings (SSSR count). The number of carbonyl (C=O) groups excluding carboxylic acids is 2. The summed E-state index contributed by atoms with van der Waals surface area (Å²) in [7, 11) is 0. The quantitative estimate of drug-likeness (QED) is 0.156. The van der Waals surface area contributed by atoms with E-state index < -0.39 is 0 Å². The van der Waals surface area contributed by atoms with Gasteiger partial charge in [-0.1, -0.05) is 105 Å². The van der Waals surface area contributed by atoms with Gasteiger partial charge in [-0.05, 0) is 55.5 Å². The van der Waals surface area contributed by atoms with Crippen molar-refractivity contribution in [3.05, 3.63) is 71.1 Å². The molecule has 0 radical (unpaired) electrons. The Hall–Kier alpha value is -3.19. The molecule has 0 aliphatic carbocycles. The smallest absolute Gasteiger partial charge is 0.249 e. The second-order valence-electron chi connectivity index (χ2n) is 11.4. The standard InChI is InChI=1S/C34H45ClN4O3/c1-2-3-4-5-6-7-8-9-13-19-31(40)38(25-27-16-11-10-12-17-27)26-32(41)39-24-15-14-18-30(39)34-36-33(37-42-34)28-20-22-29(35)23-21-28/h10-12,16-17,20-23,30H,2-9,13-15,18-19,24-26H2,1H3/t30-/m1/s1. The highest BCUT2D eigenvalue weighted by Crippen LogP contribution is 2.31. The van der Waals surface area contributed by atoms with E-state index in [9.17, 15) is 9.59 Å². The number of halogens is 1. The maximum absolute atomic E-state index is 13.8. The Bertz CT molecular complexity index is 1230. The molecule has 2 heterocycles. The Morgan fingerprint density at radius 2 is 1.62 bits per heavy atom. The third kappa shape index (κ3) is 9.69. The van der Waals surface area contributed by atoms with Crippen molar-refractivity contribution in [3.63, 3.8) is 0 Å². The van der Waals surface area contributed by atoms with Gasteiger partial charge >= 0.3 is 0 Å². The normalized spacial score (nSPS) is 15.1. The first-order chi connectivity index (χ1) is 20.5. The van der Waals surface area contributed by atoms with E-state index >= 15 is 0 Å². The minimum absolute atomic E-state index is 0.0338. The van der Waals surface area contributed by atoms with Crippen LogP contribution in [-0.4, -0.2) is 44.8 Å². The number of aromatic nitrogens is 2. The number of nitrogens with zero attached hydrogens (tertiary/aromatic N) is 4. The lowest BCUT2D eigenvalue weighted by molar-refractivity contribution is -0.143. The first kappa shape index (κ1) is 31.7. The summed E-state index contributed by atoms with van der Waals surface area (Å²) in [6.45, 7) is 3.30. The van der Waals surface area contributed by atoms with E-state index in [0.29, 0.717) is 36.2 Å². The molecule has 1 aromatic heterocycles. The fourth-order valence-corrected chi connectivity index (χ4v) is 5.73. The maximum Gasteiger partial charge on any atom is 0.249 e. The van der Waals surface area contributed by atoms with Crippen LogP contribution in [0.3, 0.4) is 0 Å². The molecule has 2 amide bonds. The number of hydrogen-bond acceptors (Lipinski definition) is 5. The molecule has 226 valence electrons. The third-order valence-corrected chi connectivity index (χ3v) is 8.29. The minimum atomic E-state index is -0.300. The summed E-state index contributed by atoms with van der Waals surface area (Å²) in [5, 5.41) is 4.81. The highest BCUT2D eigenvalue weighted by molar-refractivity contribution is 6.30. The van der Waals surface area contributed by atoms with Gasteiger partial charge in [-0.3, -0.25) is 9.59 Å². The number of likely N-dealkylation sites (tertiary alicyclic amines) is 1. The van der Waals surface area contributed by atoms with Crippen molar-refractivity contribution in [2.45, 2.75) is 103 Å². The monoisotopic (exact) mass is 592 g/mol. The Morgan fingerprint density at radius 1 is 0.929 bits per heavy atom. The van der Waals surface area contributed by atoms with Crippen LogP contribution in [0.25, 0.3) is 11.4 Å². The highest BCUT2D eigenvalue weighted by Gasteiger charge is 2.33. The number of rotatable bonds is 16. The van der Waals surface area contributed by atoms with Gasteiger partial charge in [0, 0.05) is 30.1 Å². The number of benzene rings is 2. The summed E-state index contributed by atoms with van der Waals surface area (Å²) in [6.07, 6.45) is 13.9. The molecule has 0 N–H and O–H groups in total. The van der Waals surface area contributed by atoms with Gasteiger partial charge < -0.3 is 14.3 Å². The number of unbranched alkanes of at least 4 members (excludes halogenated alkanes) is 8. The molecule has 7 nitrogen and oxygen atoms in total. The fourth-order valence-electron chi connectivity index (χ4n) is 5.61. The Morgan fingerprint density at radius 3 is 2.33 bits per heavy atom. The van der Waals surface area contributed by atoms with Gasteiger partial charge in [-0.25, -0.2) is 0 Å². The molecule has 0 spiro atoms. The zero-order valence-corrected chi connectivity index (χ0v) is 25.7. The SMILES string of the molecule is CCCCCCCCCCCC(=O)N(CC(=O)N1CCCC[C@@H]1c1nc(-c2ccc(Cl)cc2)no1)Cc1ccccc1. The number of carbonyl (C=O) groups is 2. The van der Waals surface area contributed by atoms with Crippen molar-refractivity contribution in [2.75, 3.05) is 13.1 Å². The van der Waals surface area contributed by atoms with Crippen molar-refractivity contribution in [1.29, 1.82) is 0 Å². The van der Waals surface area contributed by atoms with Gasteiger partial charge in [0.15, 0.2) is 0 Å². The molecule has 1 fully saturated rings. The lowest BCUT2D eigenvalue weighted by atomic mass is 10.0. The lowest BCUT2D eigenvalue weighted by Gasteiger charge is -2.35. The third-order valence-electron chi connectivity index (χ3n) is 8.04. The first-order valence-corrected chi connectivity index (χ1v) is 16.1. The predicted molar refractivity (Wildman–Crippen MR) is 167 cm³/mol. The molecule has 0 saturated carbocycles. The van der Waals surface area contributed by atoms with Gasteiger partial charge in [-0.2, -0.15) is 4.98 Å². The van der Waals surface area contributed by atoms with Crippen molar-refractivity contribution in [1.82, 2.24) is 19.9 Å². The van der Waals surface area contributed by atoms with Gasteiger partial charge in [0.25, 0.3) is 0 Å². The van der Waals surface area contributed by atoms with E-state index in [-0.39, 0.29) is 24.4 Å². The summed E-state index contributed by atoms with van der Waals surface area (Å²) >= 11 is 6.03. The van der Waals surface area contributed by atoms with Crippen molar-refractivity contribution < 1.29 is 14.1 Å². The summed E-state index contributed by atoms with van der Waals surface area (Å²) in [5.74, 6) is 0.860. The second kappa shape index (κ2) is 17.1. The van der Waals surface area contributed by atoms with Crippen LogP contribution in [0.4, 0.5) is 0 Å². The molecular weight excluding hydrogens is 548 g/mol. The van der Waals surface area contributed by atoms with E-state index in [0.717, 1.165) is 49.7 Å². The Labute approximate surface area is 255 Å². The Kier molecular flexibility index (Phi) is 12.9. The van der Waals surface area contributed by atoms with E-state index in [1.165, 1.54) is 38.5 Å². The molecule has 1 aliphatic rings. The van der Waals surface area contributed by atoms with E-state index in [4.69, 9.17) is 16.1 Å². The van der Waals surface area contributed by atoms with Crippen LogP contribution in [0.2, 0.25) is 5.02 Å². The molecule has 1 saturated heterocycles. The summed E-state index contributed by atoms with van der Waals surface area (Å²) < 4.78 is 5.66. The van der Waals surface area contributed by atoms with E-state index in [1.807, 2.05) is 47.4 Å². The molecule has 3 aromatic rings. The summed E-state index contributed by atoms with van der Waals surface area (Å²) in [5.41, 5.74) is 1.82. The van der Waals surface area contributed by atoms with Crippen LogP contribution in [0.15, 0.2) is 59.1 Å². The Balaban J connectivity index is 1.36. The predicted octanol–water partition coefficient (Wildman–Crippen LogP) is 8.39. The van der Waals surface area contributed by atoms with Crippen LogP contribution >= 0.6 is 11.6 Å². The molecule has 42 heavy (non-hydrogen) atoms. The zero-order chi connectivity index (χ0) is 29.6. The highest BCUT2D eigenvalue weighted by atomic mass is 35.5. The van der Waals surface area contributed by atoms with Crippen LogP contribution < -0.4 is 0 Å². The van der Waals surface area contributed by atoms with Gasteiger partial charge in [0.2, 0.25) is 23.5 Å². The molecule has 0 unspecified atom stereocenters. The van der Waals surface area contributed by atoms with Crippen molar-refractivity contribution in [3.8, 4) is 11.4 Å². The first-order valence-electron chi connectivity index (χ1n) is 15.8. The second-order valence-corrected chi connectivity index (χ2v) is 11.8. The topological polar surface area (TPSA) is 79.5 Å². The zero-order valence-electron chi connectivity index (χ0n) is 25.0.